The Morgan fingerprint density at radius 2 is 2.00 bits per heavy atom. The van der Waals surface area contributed by atoms with Crippen molar-refractivity contribution >= 4 is 17.8 Å². The molecule has 0 unspecified atom stereocenters. The number of carbonyl (C=O) groups is 1. The summed E-state index contributed by atoms with van der Waals surface area (Å²) in [6.07, 6.45) is 1.21. The van der Waals surface area contributed by atoms with Crippen molar-refractivity contribution in [2.24, 2.45) is 5.10 Å². The van der Waals surface area contributed by atoms with Crippen LogP contribution in [0.3, 0.4) is 0 Å². The van der Waals surface area contributed by atoms with Gasteiger partial charge in [0.25, 0.3) is 11.6 Å². The number of nitro groups is 1. The number of hydrazone groups is 1. The Labute approximate surface area is 143 Å². The second-order valence-electron chi connectivity index (χ2n) is 5.31. The standard InChI is InChI=1S/C17H17N3O5/c1-11-3-5-14(7-12(11)2)25-10-17(22)19-18-9-13-4-6-16(21)15(8-13)20(23)24/h3-9,21H,10H2,1-2H3,(H,19,22)/p-1/b18-9-. The number of nitro benzene ring substituents is 1. The third-order valence-corrected chi connectivity index (χ3v) is 3.43. The fourth-order valence-corrected chi connectivity index (χ4v) is 1.92. The highest BCUT2D eigenvalue weighted by Crippen LogP contribution is 2.22. The van der Waals surface area contributed by atoms with Crippen LogP contribution in [0.25, 0.3) is 0 Å². The average Bonchev–Trinajstić information content (AvgIpc) is 2.57. The summed E-state index contributed by atoms with van der Waals surface area (Å²) in [6.45, 7) is 3.70. The van der Waals surface area contributed by atoms with Crippen LogP contribution in [-0.4, -0.2) is 23.7 Å². The van der Waals surface area contributed by atoms with E-state index in [1.165, 1.54) is 12.3 Å². The van der Waals surface area contributed by atoms with Crippen LogP contribution >= 0.6 is 0 Å². The average molecular weight is 342 g/mol. The molecule has 0 aromatic heterocycles. The molecule has 2 aromatic carbocycles. The van der Waals surface area contributed by atoms with E-state index in [0.29, 0.717) is 11.3 Å². The van der Waals surface area contributed by atoms with E-state index in [-0.39, 0.29) is 6.61 Å². The molecule has 0 heterocycles. The summed E-state index contributed by atoms with van der Waals surface area (Å²) in [6, 6.07) is 9.02. The first kappa shape index (κ1) is 17.9. The molecular weight excluding hydrogens is 326 g/mol. The predicted molar refractivity (Wildman–Crippen MR) is 89.7 cm³/mol. The van der Waals surface area contributed by atoms with Gasteiger partial charge in [0.05, 0.1) is 11.1 Å². The summed E-state index contributed by atoms with van der Waals surface area (Å²) in [5, 5.41) is 25.7. The second kappa shape index (κ2) is 7.91. The number of ether oxygens (including phenoxy) is 1. The normalized spacial score (nSPS) is 10.6. The van der Waals surface area contributed by atoms with Gasteiger partial charge in [-0.05, 0) is 42.9 Å². The zero-order valence-electron chi connectivity index (χ0n) is 13.7. The van der Waals surface area contributed by atoms with Crippen LogP contribution in [0.2, 0.25) is 0 Å². The third kappa shape index (κ3) is 5.03. The molecule has 0 radical (unpaired) electrons. The maximum atomic E-state index is 11.7. The van der Waals surface area contributed by atoms with E-state index < -0.39 is 22.3 Å². The highest BCUT2D eigenvalue weighted by Gasteiger charge is 2.07. The molecule has 2 rings (SSSR count). The van der Waals surface area contributed by atoms with Gasteiger partial charge in [-0.1, -0.05) is 18.2 Å². The predicted octanol–water partition coefficient (Wildman–Crippen LogP) is 1.81. The van der Waals surface area contributed by atoms with Crippen LogP contribution in [0.4, 0.5) is 5.69 Å². The van der Waals surface area contributed by atoms with Crippen molar-refractivity contribution in [2.75, 3.05) is 6.61 Å². The number of rotatable bonds is 6. The Balaban J connectivity index is 1.89. The smallest absolute Gasteiger partial charge is 0.277 e. The van der Waals surface area contributed by atoms with Crippen molar-refractivity contribution in [3.63, 3.8) is 0 Å². The van der Waals surface area contributed by atoms with Gasteiger partial charge in [-0.3, -0.25) is 14.9 Å². The van der Waals surface area contributed by atoms with E-state index in [2.05, 4.69) is 10.5 Å². The lowest BCUT2D eigenvalue weighted by molar-refractivity contribution is -0.398. The lowest BCUT2D eigenvalue weighted by Crippen LogP contribution is -2.24. The summed E-state index contributed by atoms with van der Waals surface area (Å²) in [7, 11) is 0. The second-order valence-corrected chi connectivity index (χ2v) is 5.31. The first-order valence-electron chi connectivity index (χ1n) is 7.34. The van der Waals surface area contributed by atoms with E-state index in [0.717, 1.165) is 23.3 Å². The van der Waals surface area contributed by atoms with Gasteiger partial charge in [-0.25, -0.2) is 5.43 Å². The summed E-state index contributed by atoms with van der Waals surface area (Å²) in [4.78, 5) is 21.6. The molecule has 0 bridgehead atoms. The molecule has 0 aliphatic rings. The lowest BCUT2D eigenvalue weighted by atomic mass is 10.1. The Kier molecular flexibility index (Phi) is 5.67. The number of hydrogen-bond acceptors (Lipinski definition) is 6. The van der Waals surface area contributed by atoms with Crippen molar-refractivity contribution in [1.29, 1.82) is 0 Å². The molecule has 8 heteroatoms. The zero-order chi connectivity index (χ0) is 18.4. The van der Waals surface area contributed by atoms with Crippen LogP contribution in [0.5, 0.6) is 11.5 Å². The largest absolute Gasteiger partial charge is 0.868 e. The Morgan fingerprint density at radius 3 is 2.68 bits per heavy atom. The number of aryl methyl sites for hydroxylation is 2. The maximum Gasteiger partial charge on any atom is 0.277 e. The number of nitrogens with zero attached hydrogens (tertiary/aromatic N) is 2. The van der Waals surface area contributed by atoms with Crippen LogP contribution in [0.1, 0.15) is 16.7 Å². The van der Waals surface area contributed by atoms with Crippen LogP contribution in [-0.2, 0) is 4.79 Å². The van der Waals surface area contributed by atoms with E-state index in [1.54, 1.807) is 6.07 Å². The molecular formula is C17H16N3O5-. The summed E-state index contributed by atoms with van der Waals surface area (Å²) in [5.41, 5.74) is 4.20. The fraction of sp³-hybridized carbons (Fsp3) is 0.176. The van der Waals surface area contributed by atoms with E-state index >= 15 is 0 Å². The number of amides is 1. The van der Waals surface area contributed by atoms with Gasteiger partial charge >= 0.3 is 0 Å². The Bertz CT molecular complexity index is 833. The van der Waals surface area contributed by atoms with Crippen molar-refractivity contribution in [1.82, 2.24) is 5.43 Å². The first-order chi connectivity index (χ1) is 11.9. The number of hydrogen-bond donors (Lipinski definition) is 1. The fourth-order valence-electron chi connectivity index (χ4n) is 1.92. The minimum absolute atomic E-state index is 0.223. The van der Waals surface area contributed by atoms with Crippen molar-refractivity contribution in [3.8, 4) is 11.5 Å². The quantitative estimate of drug-likeness (QED) is 0.488. The van der Waals surface area contributed by atoms with Crippen LogP contribution in [0, 0.1) is 24.0 Å². The number of nitrogens with one attached hydrogen (secondary N) is 1. The zero-order valence-corrected chi connectivity index (χ0v) is 13.7. The van der Waals surface area contributed by atoms with Gasteiger partial charge in [0.15, 0.2) is 6.61 Å². The SMILES string of the molecule is Cc1ccc(OCC(=O)N/N=C\c2ccc([O-])c([N+](=O)[O-])c2)cc1C. The minimum atomic E-state index is -0.768. The van der Waals surface area contributed by atoms with Crippen LogP contribution < -0.4 is 15.3 Å². The van der Waals surface area contributed by atoms with Crippen molar-refractivity contribution in [3.05, 3.63) is 63.2 Å². The van der Waals surface area contributed by atoms with Gasteiger partial charge in [0, 0.05) is 11.6 Å². The topological polar surface area (TPSA) is 117 Å². The van der Waals surface area contributed by atoms with Crippen molar-refractivity contribution in [2.45, 2.75) is 13.8 Å². The van der Waals surface area contributed by atoms with Gasteiger partial charge < -0.3 is 9.84 Å². The van der Waals surface area contributed by atoms with Crippen molar-refractivity contribution < 1.29 is 19.6 Å². The maximum absolute atomic E-state index is 11.7. The molecule has 0 aliphatic carbocycles. The number of carbonyl (C=O) groups excluding carboxylic acids is 1. The molecule has 8 nitrogen and oxygen atoms in total. The van der Waals surface area contributed by atoms with E-state index in [4.69, 9.17) is 4.74 Å². The van der Waals surface area contributed by atoms with Gasteiger partial charge in [0.1, 0.15) is 5.75 Å². The monoisotopic (exact) mass is 342 g/mol. The molecule has 1 N–H and O–H groups in total. The minimum Gasteiger partial charge on any atom is -0.868 e. The molecule has 25 heavy (non-hydrogen) atoms. The molecule has 0 atom stereocenters. The molecule has 0 aliphatic heterocycles. The molecule has 0 saturated heterocycles. The third-order valence-electron chi connectivity index (χ3n) is 3.43. The van der Waals surface area contributed by atoms with Gasteiger partial charge in [0.2, 0.25) is 0 Å². The summed E-state index contributed by atoms with van der Waals surface area (Å²) >= 11 is 0. The molecule has 0 spiro atoms. The molecule has 1 amide bonds. The first-order valence-corrected chi connectivity index (χ1v) is 7.34. The lowest BCUT2D eigenvalue weighted by Gasteiger charge is -2.07. The summed E-state index contributed by atoms with van der Waals surface area (Å²) < 4.78 is 5.36. The Hall–Kier alpha value is -3.42. The molecule has 0 fully saturated rings. The molecule has 0 saturated carbocycles. The highest BCUT2D eigenvalue weighted by atomic mass is 16.6. The summed E-state index contributed by atoms with van der Waals surface area (Å²) in [5.74, 6) is -0.596. The van der Waals surface area contributed by atoms with Gasteiger partial charge in [-0.15, -0.1) is 0 Å². The van der Waals surface area contributed by atoms with Crippen LogP contribution in [0.15, 0.2) is 41.5 Å². The van der Waals surface area contributed by atoms with E-state index in [1.807, 2.05) is 26.0 Å². The highest BCUT2D eigenvalue weighted by molar-refractivity contribution is 5.84. The Morgan fingerprint density at radius 1 is 1.24 bits per heavy atom. The van der Waals surface area contributed by atoms with E-state index in [9.17, 15) is 20.0 Å². The number of benzene rings is 2. The van der Waals surface area contributed by atoms with Gasteiger partial charge in [-0.2, -0.15) is 5.10 Å². The molecule has 130 valence electrons. The molecule has 2 aromatic rings.